The van der Waals surface area contributed by atoms with Gasteiger partial charge in [0.05, 0.1) is 10.8 Å². The van der Waals surface area contributed by atoms with Crippen molar-refractivity contribution in [2.75, 3.05) is 12.4 Å². The molecule has 0 aromatic heterocycles. The van der Waals surface area contributed by atoms with Crippen molar-refractivity contribution in [1.82, 2.24) is 0 Å². The van der Waals surface area contributed by atoms with E-state index in [1.807, 2.05) is 0 Å². The third-order valence-electron chi connectivity index (χ3n) is 1.49. The lowest BCUT2D eigenvalue weighted by Gasteiger charge is -2.05. The fraction of sp³-hybridized carbons (Fsp3) is 0.250. The molecule has 0 fully saturated rings. The molecule has 0 bridgehead atoms. The maximum Gasteiger partial charge on any atom is 0.235 e. The number of hydrogen-bond acceptors (Lipinski definition) is 3. The maximum atomic E-state index is 10.6. The molecule has 1 aromatic rings. The van der Waals surface area contributed by atoms with Gasteiger partial charge in [-0.25, -0.2) is 8.42 Å². The number of ether oxygens (including phenoxy) is 1. The second-order valence-corrected chi connectivity index (χ2v) is 6.83. The molecule has 0 amide bonds. The first-order valence-corrected chi connectivity index (χ1v) is 7.53. The Morgan fingerprint density at radius 1 is 1.40 bits per heavy atom. The Bertz CT molecular complexity index is 447. The van der Waals surface area contributed by atoms with Crippen LogP contribution < -0.4 is 4.74 Å². The molecular formula is C8H7BrCl2O3S. The summed E-state index contributed by atoms with van der Waals surface area (Å²) in [5, 5.41) is 0.501. The van der Waals surface area contributed by atoms with Crippen LogP contribution in [0.4, 0.5) is 0 Å². The van der Waals surface area contributed by atoms with Crippen LogP contribution in [0.15, 0.2) is 22.7 Å². The number of halogens is 3. The molecule has 1 aromatic carbocycles. The van der Waals surface area contributed by atoms with E-state index in [9.17, 15) is 8.42 Å². The van der Waals surface area contributed by atoms with E-state index in [0.29, 0.717) is 10.8 Å². The van der Waals surface area contributed by atoms with E-state index >= 15 is 0 Å². The molecule has 0 saturated carbocycles. The summed E-state index contributed by atoms with van der Waals surface area (Å²) in [6.07, 6.45) is 0. The lowest BCUT2D eigenvalue weighted by atomic mass is 10.3. The minimum absolute atomic E-state index is 0.00376. The van der Waals surface area contributed by atoms with Gasteiger partial charge in [0.25, 0.3) is 0 Å². The number of benzene rings is 1. The van der Waals surface area contributed by atoms with E-state index in [2.05, 4.69) is 15.9 Å². The first kappa shape index (κ1) is 13.1. The Balaban J connectivity index is 2.55. The van der Waals surface area contributed by atoms with Gasteiger partial charge in [0.1, 0.15) is 12.4 Å². The zero-order chi connectivity index (χ0) is 11.5. The minimum Gasteiger partial charge on any atom is -0.492 e. The van der Waals surface area contributed by atoms with Crippen LogP contribution in [0.5, 0.6) is 5.75 Å². The van der Waals surface area contributed by atoms with Crippen LogP contribution in [-0.2, 0) is 9.05 Å². The van der Waals surface area contributed by atoms with Crippen molar-refractivity contribution in [2.24, 2.45) is 0 Å². The van der Waals surface area contributed by atoms with Gasteiger partial charge in [-0.05, 0) is 34.1 Å². The van der Waals surface area contributed by atoms with Crippen LogP contribution in [0.3, 0.4) is 0 Å². The molecule has 0 saturated heterocycles. The van der Waals surface area contributed by atoms with Gasteiger partial charge in [-0.2, -0.15) is 0 Å². The van der Waals surface area contributed by atoms with Crippen molar-refractivity contribution in [3.63, 3.8) is 0 Å². The molecule has 0 aliphatic rings. The summed E-state index contributed by atoms with van der Waals surface area (Å²) < 4.78 is 27.1. The molecule has 0 heterocycles. The molecule has 0 unspecified atom stereocenters. The second-order valence-electron chi connectivity index (χ2n) is 2.67. The molecular weight excluding hydrogens is 327 g/mol. The van der Waals surface area contributed by atoms with Crippen molar-refractivity contribution < 1.29 is 13.2 Å². The topological polar surface area (TPSA) is 43.4 Å². The van der Waals surface area contributed by atoms with Gasteiger partial charge >= 0.3 is 0 Å². The molecule has 7 heteroatoms. The van der Waals surface area contributed by atoms with E-state index in [0.717, 1.165) is 4.47 Å². The van der Waals surface area contributed by atoms with Gasteiger partial charge in [0, 0.05) is 15.2 Å². The van der Waals surface area contributed by atoms with Crippen LogP contribution in [0.1, 0.15) is 0 Å². The lowest BCUT2D eigenvalue weighted by Crippen LogP contribution is -2.08. The molecule has 0 aliphatic heterocycles. The minimum atomic E-state index is -3.51. The first-order chi connectivity index (χ1) is 6.88. The Morgan fingerprint density at radius 2 is 2.07 bits per heavy atom. The fourth-order valence-electron chi connectivity index (χ4n) is 0.826. The average molecular weight is 334 g/mol. The van der Waals surface area contributed by atoms with Gasteiger partial charge in [0.15, 0.2) is 0 Å². The molecule has 0 radical (unpaired) electrons. The van der Waals surface area contributed by atoms with Crippen LogP contribution in [0, 0.1) is 0 Å². The van der Waals surface area contributed by atoms with Crippen molar-refractivity contribution in [2.45, 2.75) is 0 Å². The Labute approximate surface area is 106 Å². The van der Waals surface area contributed by atoms with Crippen molar-refractivity contribution >= 4 is 47.3 Å². The third-order valence-corrected chi connectivity index (χ3v) is 3.84. The molecule has 15 heavy (non-hydrogen) atoms. The zero-order valence-corrected chi connectivity index (χ0v) is 11.3. The predicted molar refractivity (Wildman–Crippen MR) is 64.3 cm³/mol. The quantitative estimate of drug-likeness (QED) is 0.795. The van der Waals surface area contributed by atoms with E-state index in [4.69, 9.17) is 27.0 Å². The van der Waals surface area contributed by atoms with Crippen molar-refractivity contribution in [3.8, 4) is 5.75 Å². The highest BCUT2D eigenvalue weighted by Crippen LogP contribution is 2.26. The van der Waals surface area contributed by atoms with Crippen molar-refractivity contribution in [3.05, 3.63) is 27.7 Å². The molecule has 0 aliphatic carbocycles. The first-order valence-electron chi connectivity index (χ1n) is 3.89. The Hall–Kier alpha value is 0.0300. The van der Waals surface area contributed by atoms with Crippen LogP contribution in [0.25, 0.3) is 0 Å². The molecule has 0 atom stereocenters. The normalized spacial score (nSPS) is 11.4. The van der Waals surface area contributed by atoms with Crippen LogP contribution >= 0.6 is 38.2 Å². The summed E-state index contributed by atoms with van der Waals surface area (Å²) in [6, 6.07) is 4.98. The molecule has 1 rings (SSSR count). The smallest absolute Gasteiger partial charge is 0.235 e. The zero-order valence-electron chi connectivity index (χ0n) is 7.41. The van der Waals surface area contributed by atoms with E-state index in [1.165, 1.54) is 0 Å². The number of rotatable bonds is 4. The summed E-state index contributed by atoms with van der Waals surface area (Å²) in [6.45, 7) is 0.00376. The molecule has 84 valence electrons. The highest BCUT2D eigenvalue weighted by atomic mass is 79.9. The summed E-state index contributed by atoms with van der Waals surface area (Å²) in [5.41, 5.74) is 0. The van der Waals surface area contributed by atoms with E-state index < -0.39 is 9.05 Å². The third kappa shape index (κ3) is 5.06. The summed E-state index contributed by atoms with van der Waals surface area (Å²) in [4.78, 5) is 0. The van der Waals surface area contributed by atoms with Gasteiger partial charge in [-0.1, -0.05) is 11.6 Å². The second kappa shape index (κ2) is 5.39. The lowest BCUT2D eigenvalue weighted by molar-refractivity contribution is 0.341. The van der Waals surface area contributed by atoms with Gasteiger partial charge < -0.3 is 4.74 Å². The monoisotopic (exact) mass is 332 g/mol. The van der Waals surface area contributed by atoms with Crippen LogP contribution in [-0.4, -0.2) is 20.8 Å². The SMILES string of the molecule is O=S(=O)(Cl)CCOc1ccc(Br)c(Cl)c1. The Morgan fingerprint density at radius 3 is 2.60 bits per heavy atom. The summed E-state index contributed by atoms with van der Waals surface area (Å²) >= 11 is 9.04. The highest BCUT2D eigenvalue weighted by molar-refractivity contribution is 9.10. The Kier molecular flexibility index (Phi) is 4.70. The summed E-state index contributed by atoms with van der Waals surface area (Å²) in [7, 11) is 1.51. The highest BCUT2D eigenvalue weighted by Gasteiger charge is 2.06. The van der Waals surface area contributed by atoms with Gasteiger partial charge in [0.2, 0.25) is 9.05 Å². The maximum absolute atomic E-state index is 10.6. The van der Waals surface area contributed by atoms with Gasteiger partial charge in [-0.3, -0.25) is 0 Å². The molecule has 3 nitrogen and oxygen atoms in total. The molecule has 0 N–H and O–H groups in total. The fourth-order valence-corrected chi connectivity index (χ4v) is 1.71. The van der Waals surface area contributed by atoms with Gasteiger partial charge in [-0.15, -0.1) is 0 Å². The summed E-state index contributed by atoms with van der Waals surface area (Å²) in [5.74, 6) is 0.269. The largest absolute Gasteiger partial charge is 0.492 e. The average Bonchev–Trinajstić information content (AvgIpc) is 2.09. The predicted octanol–water partition coefficient (Wildman–Crippen LogP) is 3.05. The van der Waals surface area contributed by atoms with E-state index in [1.54, 1.807) is 18.2 Å². The van der Waals surface area contributed by atoms with E-state index in [-0.39, 0.29) is 12.4 Å². The molecule has 0 spiro atoms. The number of hydrogen-bond donors (Lipinski definition) is 0. The standard InChI is InChI=1S/C8H7BrCl2O3S/c9-7-2-1-6(5-8(7)10)14-3-4-15(11,12)13/h1-2,5H,3-4H2. The van der Waals surface area contributed by atoms with Crippen molar-refractivity contribution in [1.29, 1.82) is 0 Å². The van der Waals surface area contributed by atoms with Crippen LogP contribution in [0.2, 0.25) is 5.02 Å².